The molecule has 0 amide bonds. The third-order valence-corrected chi connectivity index (χ3v) is 2.23. The molecule has 1 heterocycles. The third-order valence-electron chi connectivity index (χ3n) is 2.23. The molecule has 0 saturated carbocycles. The van der Waals surface area contributed by atoms with E-state index >= 15 is 0 Å². The molecule has 0 aliphatic heterocycles. The van der Waals surface area contributed by atoms with E-state index in [1.165, 1.54) is 0 Å². The van der Waals surface area contributed by atoms with Crippen LogP contribution >= 0.6 is 0 Å². The minimum absolute atomic E-state index is 0.537. The molecule has 16 heavy (non-hydrogen) atoms. The number of nitrogens with zero attached hydrogens (tertiary/aromatic N) is 2. The van der Waals surface area contributed by atoms with Crippen molar-refractivity contribution in [3.63, 3.8) is 0 Å². The summed E-state index contributed by atoms with van der Waals surface area (Å²) in [5, 5.41) is 11.2. The van der Waals surface area contributed by atoms with Crippen LogP contribution in [0.1, 0.15) is 11.3 Å². The smallest absolute Gasteiger partial charge is 0.153 e. The maximum absolute atomic E-state index is 5.58. The summed E-state index contributed by atoms with van der Waals surface area (Å²) in [6.07, 6.45) is 0. The second-order valence-electron chi connectivity index (χ2n) is 3.59. The van der Waals surface area contributed by atoms with Crippen LogP contribution in [0.2, 0.25) is 0 Å². The molecule has 3 N–H and O–H groups in total. The molecule has 2 aromatic rings. The number of nitrogens with two attached hydrogens (primary N) is 1. The van der Waals surface area contributed by atoms with Crippen LogP contribution in [0.5, 0.6) is 0 Å². The van der Waals surface area contributed by atoms with E-state index < -0.39 is 0 Å². The molecule has 2 rings (SSSR count). The summed E-state index contributed by atoms with van der Waals surface area (Å²) in [5.41, 5.74) is 8.54. The van der Waals surface area contributed by atoms with Crippen molar-refractivity contribution in [3.8, 4) is 0 Å². The highest BCUT2D eigenvalue weighted by atomic mass is 15.2. The van der Waals surface area contributed by atoms with Gasteiger partial charge in [0.05, 0.1) is 5.69 Å². The topological polar surface area (TPSA) is 63.8 Å². The summed E-state index contributed by atoms with van der Waals surface area (Å²) < 4.78 is 0. The van der Waals surface area contributed by atoms with Gasteiger partial charge in [-0.25, -0.2) is 0 Å². The number of anilines is 2. The van der Waals surface area contributed by atoms with E-state index in [0.717, 1.165) is 22.8 Å². The average Bonchev–Trinajstić information content (AvgIpc) is 2.32. The Bertz CT molecular complexity index is 465. The largest absolute Gasteiger partial charge is 0.339 e. The zero-order chi connectivity index (χ0) is 11.4. The van der Waals surface area contributed by atoms with E-state index in [1.807, 2.05) is 43.3 Å². The second kappa shape index (κ2) is 4.72. The maximum Gasteiger partial charge on any atom is 0.153 e. The van der Waals surface area contributed by atoms with Crippen LogP contribution in [0.3, 0.4) is 0 Å². The van der Waals surface area contributed by atoms with Crippen molar-refractivity contribution in [1.29, 1.82) is 0 Å². The molecular formula is C12H14N4. The number of hydrogen-bond donors (Lipinski definition) is 2. The van der Waals surface area contributed by atoms with Gasteiger partial charge in [0.25, 0.3) is 0 Å². The molecule has 0 aliphatic rings. The lowest BCUT2D eigenvalue weighted by atomic mass is 10.2. The number of nitrogens with one attached hydrogen (secondary N) is 1. The predicted octanol–water partition coefficient (Wildman–Crippen LogP) is 1.99. The SMILES string of the molecule is Cc1ccc(Nc2cccc(CN)c2)nn1. The molecule has 0 radical (unpaired) electrons. The molecule has 0 spiro atoms. The number of benzene rings is 1. The number of aromatic nitrogens is 2. The van der Waals surface area contributed by atoms with Crippen LogP contribution in [-0.2, 0) is 6.54 Å². The van der Waals surface area contributed by atoms with Gasteiger partial charge in [0.1, 0.15) is 0 Å². The molecule has 4 nitrogen and oxygen atoms in total. The first kappa shape index (κ1) is 10.6. The quantitative estimate of drug-likeness (QED) is 0.820. The van der Waals surface area contributed by atoms with Gasteiger partial charge in [-0.2, -0.15) is 5.10 Å². The Kier molecular flexibility index (Phi) is 3.12. The predicted molar refractivity (Wildman–Crippen MR) is 64.4 cm³/mol. The number of aryl methyl sites for hydroxylation is 1. The average molecular weight is 214 g/mol. The minimum atomic E-state index is 0.537. The molecule has 4 heteroatoms. The van der Waals surface area contributed by atoms with Gasteiger partial charge in [0.15, 0.2) is 5.82 Å². The molecule has 1 aromatic carbocycles. The molecule has 0 atom stereocenters. The Morgan fingerprint density at radius 1 is 1.19 bits per heavy atom. The van der Waals surface area contributed by atoms with Crippen molar-refractivity contribution in [2.24, 2.45) is 5.73 Å². The Morgan fingerprint density at radius 2 is 2.06 bits per heavy atom. The summed E-state index contributed by atoms with van der Waals surface area (Å²) in [4.78, 5) is 0. The molecule has 0 unspecified atom stereocenters. The molecular weight excluding hydrogens is 200 g/mol. The zero-order valence-corrected chi connectivity index (χ0v) is 9.14. The normalized spacial score (nSPS) is 10.1. The van der Waals surface area contributed by atoms with Crippen molar-refractivity contribution < 1.29 is 0 Å². The van der Waals surface area contributed by atoms with Gasteiger partial charge in [0, 0.05) is 12.2 Å². The Morgan fingerprint density at radius 3 is 2.75 bits per heavy atom. The van der Waals surface area contributed by atoms with Gasteiger partial charge in [-0.3, -0.25) is 0 Å². The maximum atomic E-state index is 5.58. The van der Waals surface area contributed by atoms with Crippen LogP contribution in [-0.4, -0.2) is 10.2 Å². The van der Waals surface area contributed by atoms with Gasteiger partial charge >= 0.3 is 0 Å². The first-order chi connectivity index (χ1) is 7.78. The van der Waals surface area contributed by atoms with Gasteiger partial charge in [0.2, 0.25) is 0 Å². The Labute approximate surface area is 94.5 Å². The van der Waals surface area contributed by atoms with Crippen LogP contribution < -0.4 is 11.1 Å². The lowest BCUT2D eigenvalue weighted by Crippen LogP contribution is -1.99. The fourth-order valence-corrected chi connectivity index (χ4v) is 1.39. The first-order valence-corrected chi connectivity index (χ1v) is 5.14. The van der Waals surface area contributed by atoms with E-state index in [2.05, 4.69) is 15.5 Å². The fourth-order valence-electron chi connectivity index (χ4n) is 1.39. The van der Waals surface area contributed by atoms with E-state index in [0.29, 0.717) is 6.54 Å². The highest BCUT2D eigenvalue weighted by Crippen LogP contribution is 2.15. The van der Waals surface area contributed by atoms with Gasteiger partial charge in [-0.05, 0) is 36.8 Å². The second-order valence-corrected chi connectivity index (χ2v) is 3.59. The van der Waals surface area contributed by atoms with Gasteiger partial charge in [-0.1, -0.05) is 12.1 Å². The highest BCUT2D eigenvalue weighted by Gasteiger charge is 1.97. The van der Waals surface area contributed by atoms with Crippen molar-refractivity contribution in [2.75, 3.05) is 5.32 Å². The Hall–Kier alpha value is -1.94. The van der Waals surface area contributed by atoms with E-state index in [9.17, 15) is 0 Å². The first-order valence-electron chi connectivity index (χ1n) is 5.14. The van der Waals surface area contributed by atoms with Gasteiger partial charge < -0.3 is 11.1 Å². The minimum Gasteiger partial charge on any atom is -0.339 e. The zero-order valence-electron chi connectivity index (χ0n) is 9.14. The standard InChI is InChI=1S/C12H14N4/c1-9-5-6-12(16-15-9)14-11-4-2-3-10(7-11)8-13/h2-7H,8,13H2,1H3,(H,14,16). The fraction of sp³-hybridized carbons (Fsp3) is 0.167. The molecule has 0 aliphatic carbocycles. The van der Waals surface area contributed by atoms with E-state index in [1.54, 1.807) is 0 Å². The van der Waals surface area contributed by atoms with E-state index in [-0.39, 0.29) is 0 Å². The van der Waals surface area contributed by atoms with Crippen molar-refractivity contribution >= 4 is 11.5 Å². The summed E-state index contributed by atoms with van der Waals surface area (Å²) >= 11 is 0. The lowest BCUT2D eigenvalue weighted by molar-refractivity contribution is 0.985. The van der Waals surface area contributed by atoms with Crippen molar-refractivity contribution in [3.05, 3.63) is 47.7 Å². The van der Waals surface area contributed by atoms with Crippen LogP contribution in [0.25, 0.3) is 0 Å². The molecule has 1 aromatic heterocycles. The monoisotopic (exact) mass is 214 g/mol. The summed E-state index contributed by atoms with van der Waals surface area (Å²) in [6.45, 7) is 2.45. The summed E-state index contributed by atoms with van der Waals surface area (Å²) in [6, 6.07) is 11.7. The summed E-state index contributed by atoms with van der Waals surface area (Å²) in [5.74, 6) is 0.736. The molecule has 82 valence electrons. The number of rotatable bonds is 3. The molecule has 0 fully saturated rings. The highest BCUT2D eigenvalue weighted by molar-refractivity contribution is 5.56. The van der Waals surface area contributed by atoms with Crippen LogP contribution in [0.4, 0.5) is 11.5 Å². The molecule has 0 saturated heterocycles. The Balaban J connectivity index is 2.16. The van der Waals surface area contributed by atoms with Crippen molar-refractivity contribution in [1.82, 2.24) is 10.2 Å². The summed E-state index contributed by atoms with van der Waals surface area (Å²) in [7, 11) is 0. The number of hydrogen-bond acceptors (Lipinski definition) is 4. The van der Waals surface area contributed by atoms with Crippen LogP contribution in [0.15, 0.2) is 36.4 Å². The third kappa shape index (κ3) is 2.55. The van der Waals surface area contributed by atoms with Crippen molar-refractivity contribution in [2.45, 2.75) is 13.5 Å². The molecule has 0 bridgehead atoms. The van der Waals surface area contributed by atoms with Crippen LogP contribution in [0, 0.1) is 6.92 Å². The lowest BCUT2D eigenvalue weighted by Gasteiger charge is -2.06. The van der Waals surface area contributed by atoms with Gasteiger partial charge in [-0.15, -0.1) is 5.10 Å². The van der Waals surface area contributed by atoms with E-state index in [4.69, 9.17) is 5.73 Å².